The molecule has 0 saturated carbocycles. The summed E-state index contributed by atoms with van der Waals surface area (Å²) in [6.45, 7) is 4.10. The van der Waals surface area contributed by atoms with Crippen molar-refractivity contribution >= 4 is 33.6 Å². The number of hydrogen-bond donors (Lipinski definition) is 0. The highest BCUT2D eigenvalue weighted by Gasteiger charge is 2.20. The molecule has 112 valence electrons. The van der Waals surface area contributed by atoms with Crippen LogP contribution in [0.4, 0.5) is 0 Å². The Morgan fingerprint density at radius 1 is 1.45 bits per heavy atom. The van der Waals surface area contributed by atoms with E-state index < -0.39 is 10.8 Å². The molecule has 0 spiro atoms. The van der Waals surface area contributed by atoms with E-state index in [1.54, 1.807) is 6.26 Å². The first kappa shape index (κ1) is 15.5. The maximum atomic E-state index is 11.3. The van der Waals surface area contributed by atoms with Gasteiger partial charge in [-0.3, -0.25) is 8.89 Å². The predicted molar refractivity (Wildman–Crippen MR) is 83.9 cm³/mol. The smallest absolute Gasteiger partial charge is 0.158 e. The van der Waals surface area contributed by atoms with Crippen LogP contribution in [0.3, 0.4) is 0 Å². The average molecular weight is 317 g/mol. The first-order chi connectivity index (χ1) is 9.45. The van der Waals surface area contributed by atoms with Gasteiger partial charge in [-0.1, -0.05) is 0 Å². The van der Waals surface area contributed by atoms with Crippen molar-refractivity contribution in [3.8, 4) is 0 Å². The van der Waals surface area contributed by atoms with E-state index in [9.17, 15) is 4.21 Å². The molecule has 2 atom stereocenters. The fraction of sp³-hybridized carbons (Fsp3) is 0.692. The van der Waals surface area contributed by atoms with Crippen molar-refractivity contribution in [1.29, 1.82) is 0 Å². The molecule has 0 saturated heterocycles. The second kappa shape index (κ2) is 6.26. The number of hydrogen-bond acceptors (Lipinski definition) is 3. The molecule has 2 aromatic heterocycles. The van der Waals surface area contributed by atoms with E-state index in [1.807, 2.05) is 18.7 Å². The fourth-order valence-electron chi connectivity index (χ4n) is 2.53. The number of aryl methyl sites for hydroxylation is 3. The predicted octanol–water partition coefficient (Wildman–Crippen LogP) is 2.19. The summed E-state index contributed by atoms with van der Waals surface area (Å²) in [4.78, 5) is 4.69. The van der Waals surface area contributed by atoms with Crippen molar-refractivity contribution in [3.05, 3.63) is 11.5 Å². The lowest BCUT2D eigenvalue weighted by Gasteiger charge is -2.17. The van der Waals surface area contributed by atoms with Gasteiger partial charge in [0.25, 0.3) is 0 Å². The molecule has 7 heteroatoms. The number of rotatable bonds is 6. The number of aromatic nitrogens is 4. The Hall–Kier alpha value is -0.880. The molecular weight excluding hydrogens is 296 g/mol. The Kier molecular flexibility index (Phi) is 4.86. The van der Waals surface area contributed by atoms with Gasteiger partial charge >= 0.3 is 0 Å². The van der Waals surface area contributed by atoms with Gasteiger partial charge in [0.15, 0.2) is 5.65 Å². The van der Waals surface area contributed by atoms with E-state index in [1.165, 1.54) is 0 Å². The lowest BCUT2D eigenvalue weighted by atomic mass is 10.2. The number of fused-ring (bicyclic) bond motifs is 1. The van der Waals surface area contributed by atoms with Crippen LogP contribution in [0.1, 0.15) is 30.9 Å². The summed E-state index contributed by atoms with van der Waals surface area (Å²) in [6.07, 6.45) is 3.33. The SMILES string of the molecule is Cc1nn(C)c2c1nc(CCCl)n2C(C)CCS(C)=O. The van der Waals surface area contributed by atoms with Crippen LogP contribution in [0.15, 0.2) is 0 Å². The van der Waals surface area contributed by atoms with E-state index in [0.29, 0.717) is 11.6 Å². The maximum absolute atomic E-state index is 11.3. The van der Waals surface area contributed by atoms with Crippen molar-refractivity contribution in [2.45, 2.75) is 32.7 Å². The molecule has 0 aromatic carbocycles. The fourth-order valence-corrected chi connectivity index (χ4v) is 3.37. The molecule has 5 nitrogen and oxygen atoms in total. The first-order valence-corrected chi connectivity index (χ1v) is 8.98. The molecule has 2 unspecified atom stereocenters. The zero-order valence-electron chi connectivity index (χ0n) is 12.4. The van der Waals surface area contributed by atoms with Crippen LogP contribution in [-0.2, 0) is 24.3 Å². The Morgan fingerprint density at radius 2 is 2.15 bits per heavy atom. The molecule has 0 fully saturated rings. The molecule has 2 aromatic rings. The maximum Gasteiger partial charge on any atom is 0.158 e. The summed E-state index contributed by atoms with van der Waals surface area (Å²) in [5, 5.41) is 4.43. The van der Waals surface area contributed by atoms with E-state index in [4.69, 9.17) is 16.6 Å². The van der Waals surface area contributed by atoms with Crippen LogP contribution in [0.25, 0.3) is 11.2 Å². The topological polar surface area (TPSA) is 52.7 Å². The largest absolute Gasteiger partial charge is 0.310 e. The van der Waals surface area contributed by atoms with E-state index in [-0.39, 0.29) is 6.04 Å². The standard InChI is InChI=1S/C13H21ClN4OS/c1-9(6-8-20(4)19)18-11(5-7-14)15-12-10(2)16-17(3)13(12)18/h9H,5-8H2,1-4H3. The first-order valence-electron chi connectivity index (χ1n) is 6.72. The van der Waals surface area contributed by atoms with Crippen LogP contribution in [0.5, 0.6) is 0 Å². The zero-order valence-corrected chi connectivity index (χ0v) is 14.0. The Morgan fingerprint density at radius 3 is 2.75 bits per heavy atom. The van der Waals surface area contributed by atoms with Crippen molar-refractivity contribution in [1.82, 2.24) is 19.3 Å². The molecule has 0 aliphatic rings. The van der Waals surface area contributed by atoms with Crippen molar-refractivity contribution in [3.63, 3.8) is 0 Å². The third kappa shape index (κ3) is 2.91. The number of imidazole rings is 1. The Balaban J connectivity index is 2.47. The van der Waals surface area contributed by atoms with Crippen molar-refractivity contribution in [2.75, 3.05) is 17.9 Å². The number of alkyl halides is 1. The Labute approximate surface area is 126 Å². The van der Waals surface area contributed by atoms with Gasteiger partial charge in [-0.25, -0.2) is 4.98 Å². The molecule has 0 N–H and O–H groups in total. The minimum atomic E-state index is -0.774. The quantitative estimate of drug-likeness (QED) is 0.768. The summed E-state index contributed by atoms with van der Waals surface area (Å²) < 4.78 is 15.4. The van der Waals surface area contributed by atoms with E-state index in [0.717, 1.165) is 35.5 Å². The summed E-state index contributed by atoms with van der Waals surface area (Å²) in [5.41, 5.74) is 2.90. The minimum absolute atomic E-state index is 0.233. The normalized spacial score (nSPS) is 14.8. The lowest BCUT2D eigenvalue weighted by molar-refractivity contribution is 0.513. The highest BCUT2D eigenvalue weighted by atomic mass is 35.5. The molecule has 0 bridgehead atoms. The number of halogens is 1. The van der Waals surface area contributed by atoms with E-state index in [2.05, 4.69) is 16.6 Å². The van der Waals surface area contributed by atoms with Crippen LogP contribution < -0.4 is 0 Å². The molecule has 2 heterocycles. The highest BCUT2D eigenvalue weighted by Crippen LogP contribution is 2.25. The van der Waals surface area contributed by atoms with Gasteiger partial charge in [-0.05, 0) is 20.3 Å². The average Bonchev–Trinajstić information content (AvgIpc) is 2.87. The monoisotopic (exact) mass is 316 g/mol. The molecule has 0 radical (unpaired) electrons. The van der Waals surface area contributed by atoms with Gasteiger partial charge in [0.1, 0.15) is 11.3 Å². The summed E-state index contributed by atoms with van der Waals surface area (Å²) >= 11 is 5.89. The minimum Gasteiger partial charge on any atom is -0.310 e. The summed E-state index contributed by atoms with van der Waals surface area (Å²) in [6, 6.07) is 0.233. The van der Waals surface area contributed by atoms with Crippen LogP contribution in [-0.4, -0.2) is 41.4 Å². The van der Waals surface area contributed by atoms with Crippen LogP contribution in [0.2, 0.25) is 0 Å². The van der Waals surface area contributed by atoms with Crippen molar-refractivity contribution in [2.24, 2.45) is 7.05 Å². The molecule has 2 rings (SSSR count). The molecule has 0 aliphatic heterocycles. The van der Waals surface area contributed by atoms with Gasteiger partial charge in [0, 0.05) is 48.2 Å². The number of nitrogens with zero attached hydrogens (tertiary/aromatic N) is 4. The molecule has 0 amide bonds. The van der Waals surface area contributed by atoms with Gasteiger partial charge in [0.05, 0.1) is 5.69 Å². The van der Waals surface area contributed by atoms with E-state index >= 15 is 0 Å². The van der Waals surface area contributed by atoms with Crippen LogP contribution >= 0.6 is 11.6 Å². The highest BCUT2D eigenvalue weighted by molar-refractivity contribution is 7.84. The zero-order chi connectivity index (χ0) is 14.9. The summed E-state index contributed by atoms with van der Waals surface area (Å²) in [7, 11) is 1.16. The van der Waals surface area contributed by atoms with Gasteiger partial charge in [0.2, 0.25) is 0 Å². The Bertz CT molecular complexity index is 634. The molecule has 0 aliphatic carbocycles. The molecule has 20 heavy (non-hydrogen) atoms. The van der Waals surface area contributed by atoms with Gasteiger partial charge in [-0.2, -0.15) is 5.10 Å². The lowest BCUT2D eigenvalue weighted by Crippen LogP contribution is -2.14. The third-order valence-corrected chi connectivity index (χ3v) is 4.49. The van der Waals surface area contributed by atoms with Crippen LogP contribution in [0, 0.1) is 6.92 Å². The van der Waals surface area contributed by atoms with Crippen molar-refractivity contribution < 1.29 is 4.21 Å². The second-order valence-corrected chi connectivity index (χ2v) is 7.07. The van der Waals surface area contributed by atoms with Gasteiger partial charge < -0.3 is 4.57 Å². The summed E-state index contributed by atoms with van der Waals surface area (Å²) in [5.74, 6) is 2.22. The third-order valence-electron chi connectivity index (χ3n) is 3.49. The molecular formula is C13H21ClN4OS. The van der Waals surface area contributed by atoms with Gasteiger partial charge in [-0.15, -0.1) is 11.6 Å². The second-order valence-electron chi connectivity index (χ2n) is 5.13.